The van der Waals surface area contributed by atoms with Gasteiger partial charge < -0.3 is 20.1 Å². The maximum atomic E-state index is 5.44. The Labute approximate surface area is 157 Å². The predicted molar refractivity (Wildman–Crippen MR) is 104 cm³/mol. The molecular weight excluding hydrogens is 340 g/mol. The summed E-state index contributed by atoms with van der Waals surface area (Å²) in [5.74, 6) is 2.93. The van der Waals surface area contributed by atoms with Crippen LogP contribution in [0.5, 0.6) is 11.5 Å². The second-order valence-corrected chi connectivity index (χ2v) is 6.94. The molecule has 27 heavy (non-hydrogen) atoms. The number of benzene rings is 2. The van der Waals surface area contributed by atoms with Gasteiger partial charge in [-0.1, -0.05) is 24.3 Å². The molecule has 0 fully saturated rings. The zero-order valence-corrected chi connectivity index (χ0v) is 15.0. The van der Waals surface area contributed by atoms with Crippen LogP contribution >= 0.6 is 0 Å². The molecule has 1 aliphatic heterocycles. The summed E-state index contributed by atoms with van der Waals surface area (Å²) in [6.45, 7) is 2.26. The Morgan fingerprint density at radius 2 is 1.78 bits per heavy atom. The van der Waals surface area contributed by atoms with E-state index in [1.807, 2.05) is 31.3 Å². The third-order valence-electron chi connectivity index (χ3n) is 4.99. The summed E-state index contributed by atoms with van der Waals surface area (Å²) in [5, 5.41) is 6.83. The van der Waals surface area contributed by atoms with Crippen LogP contribution in [0, 0.1) is 6.92 Å². The minimum Gasteiger partial charge on any atom is -0.454 e. The van der Waals surface area contributed by atoms with Gasteiger partial charge in [0, 0.05) is 29.6 Å². The van der Waals surface area contributed by atoms with Gasteiger partial charge in [-0.2, -0.15) is 4.98 Å². The van der Waals surface area contributed by atoms with Crippen LogP contribution in [-0.2, 0) is 12.8 Å². The normalized spacial score (nSPS) is 14.9. The van der Waals surface area contributed by atoms with E-state index in [9.17, 15) is 0 Å². The maximum Gasteiger partial charge on any atom is 0.231 e. The maximum absolute atomic E-state index is 5.44. The van der Waals surface area contributed by atoms with E-state index in [4.69, 9.17) is 9.47 Å². The van der Waals surface area contributed by atoms with Crippen LogP contribution in [0.3, 0.4) is 0 Å². The number of fused-ring (bicyclic) bond motifs is 2. The molecule has 6 nitrogen and oxygen atoms in total. The van der Waals surface area contributed by atoms with E-state index in [0.29, 0.717) is 12.0 Å². The van der Waals surface area contributed by atoms with E-state index >= 15 is 0 Å². The molecule has 6 heteroatoms. The van der Waals surface area contributed by atoms with Crippen LogP contribution in [-0.4, -0.2) is 22.8 Å². The molecule has 1 aliphatic carbocycles. The number of nitrogens with one attached hydrogen (secondary N) is 2. The highest BCUT2D eigenvalue weighted by Gasteiger charge is 2.21. The first-order valence-corrected chi connectivity index (χ1v) is 9.08. The lowest BCUT2D eigenvalue weighted by atomic mass is 10.1. The van der Waals surface area contributed by atoms with Gasteiger partial charge in [-0.05, 0) is 43.0 Å². The van der Waals surface area contributed by atoms with Crippen molar-refractivity contribution in [3.05, 3.63) is 65.4 Å². The molecule has 0 saturated carbocycles. The first-order chi connectivity index (χ1) is 13.2. The van der Waals surface area contributed by atoms with Crippen LogP contribution in [0.4, 0.5) is 17.5 Å². The SMILES string of the molecule is Cc1cnc(NC2Cc3ccccc3C2)nc1Nc1ccc2c(c1)OCO2. The van der Waals surface area contributed by atoms with Gasteiger partial charge in [0.05, 0.1) is 0 Å². The highest BCUT2D eigenvalue weighted by Crippen LogP contribution is 2.35. The Kier molecular flexibility index (Phi) is 3.81. The van der Waals surface area contributed by atoms with Gasteiger partial charge in [-0.15, -0.1) is 0 Å². The van der Waals surface area contributed by atoms with Gasteiger partial charge in [0.15, 0.2) is 11.5 Å². The molecule has 5 rings (SSSR count). The van der Waals surface area contributed by atoms with E-state index in [-0.39, 0.29) is 6.79 Å². The van der Waals surface area contributed by atoms with E-state index in [0.717, 1.165) is 41.4 Å². The fourth-order valence-corrected chi connectivity index (χ4v) is 3.59. The number of hydrogen-bond acceptors (Lipinski definition) is 6. The highest BCUT2D eigenvalue weighted by atomic mass is 16.7. The zero-order chi connectivity index (χ0) is 18.2. The van der Waals surface area contributed by atoms with Crippen molar-refractivity contribution < 1.29 is 9.47 Å². The quantitative estimate of drug-likeness (QED) is 0.737. The molecule has 2 aliphatic rings. The predicted octanol–water partition coefficient (Wildman–Crippen LogP) is 3.84. The first kappa shape index (κ1) is 15.9. The van der Waals surface area contributed by atoms with Crippen molar-refractivity contribution in [1.29, 1.82) is 0 Å². The molecule has 0 unspecified atom stereocenters. The van der Waals surface area contributed by atoms with Crippen LogP contribution in [0.2, 0.25) is 0 Å². The minimum atomic E-state index is 0.267. The van der Waals surface area contributed by atoms with E-state index in [1.165, 1.54) is 11.1 Å². The number of rotatable bonds is 4. The van der Waals surface area contributed by atoms with Gasteiger partial charge in [0.2, 0.25) is 12.7 Å². The largest absolute Gasteiger partial charge is 0.454 e. The highest BCUT2D eigenvalue weighted by molar-refractivity contribution is 5.64. The number of anilines is 3. The average Bonchev–Trinajstić information content (AvgIpc) is 3.30. The minimum absolute atomic E-state index is 0.267. The van der Waals surface area contributed by atoms with Gasteiger partial charge >= 0.3 is 0 Å². The van der Waals surface area contributed by atoms with E-state index < -0.39 is 0 Å². The molecule has 2 N–H and O–H groups in total. The molecular formula is C21H20N4O2. The summed E-state index contributed by atoms with van der Waals surface area (Å²) in [7, 11) is 0. The molecule has 2 heterocycles. The number of aryl methyl sites for hydroxylation is 1. The van der Waals surface area contributed by atoms with Crippen molar-refractivity contribution in [2.45, 2.75) is 25.8 Å². The van der Waals surface area contributed by atoms with Gasteiger partial charge in [-0.25, -0.2) is 4.98 Å². The first-order valence-electron chi connectivity index (χ1n) is 9.08. The van der Waals surface area contributed by atoms with Gasteiger partial charge in [0.25, 0.3) is 0 Å². The molecule has 0 saturated heterocycles. The lowest BCUT2D eigenvalue weighted by Gasteiger charge is -2.14. The van der Waals surface area contributed by atoms with Gasteiger partial charge in [0.1, 0.15) is 5.82 Å². The van der Waals surface area contributed by atoms with Crippen molar-refractivity contribution in [3.8, 4) is 11.5 Å². The van der Waals surface area contributed by atoms with Crippen molar-refractivity contribution in [2.24, 2.45) is 0 Å². The summed E-state index contributed by atoms with van der Waals surface area (Å²) in [5.41, 5.74) is 4.69. The molecule has 2 aromatic carbocycles. The smallest absolute Gasteiger partial charge is 0.231 e. The van der Waals surface area contributed by atoms with Crippen LogP contribution in [0.25, 0.3) is 0 Å². The topological polar surface area (TPSA) is 68.3 Å². The molecule has 136 valence electrons. The van der Waals surface area contributed by atoms with Crippen LogP contribution < -0.4 is 20.1 Å². The summed E-state index contributed by atoms with van der Waals surface area (Å²) < 4.78 is 10.8. The molecule has 0 radical (unpaired) electrons. The Hall–Kier alpha value is -3.28. The third-order valence-corrected chi connectivity index (χ3v) is 4.99. The Morgan fingerprint density at radius 3 is 2.59 bits per heavy atom. The molecule has 3 aromatic rings. The van der Waals surface area contributed by atoms with Crippen LogP contribution in [0.1, 0.15) is 16.7 Å². The fraction of sp³-hybridized carbons (Fsp3) is 0.238. The third kappa shape index (κ3) is 3.14. The van der Waals surface area contributed by atoms with E-state index in [2.05, 4.69) is 44.9 Å². The van der Waals surface area contributed by atoms with Crippen molar-refractivity contribution in [2.75, 3.05) is 17.4 Å². The number of nitrogens with zero attached hydrogens (tertiary/aromatic N) is 2. The van der Waals surface area contributed by atoms with Crippen molar-refractivity contribution in [3.63, 3.8) is 0 Å². The average molecular weight is 360 g/mol. The van der Waals surface area contributed by atoms with Gasteiger partial charge in [-0.3, -0.25) is 0 Å². The second-order valence-electron chi connectivity index (χ2n) is 6.94. The molecule has 0 amide bonds. The Balaban J connectivity index is 1.33. The number of hydrogen-bond donors (Lipinski definition) is 2. The van der Waals surface area contributed by atoms with E-state index in [1.54, 1.807) is 0 Å². The summed E-state index contributed by atoms with van der Waals surface area (Å²) in [6, 6.07) is 14.7. The standard InChI is InChI=1S/C21H20N4O2/c1-13-11-22-21(24-17-8-14-4-2-3-5-15(14)9-17)25-20(13)23-16-6-7-18-19(10-16)27-12-26-18/h2-7,10-11,17H,8-9,12H2,1H3,(H2,22,23,24,25). The number of aromatic nitrogens is 2. The molecule has 1 aromatic heterocycles. The van der Waals surface area contributed by atoms with Crippen LogP contribution in [0.15, 0.2) is 48.7 Å². The number of ether oxygens (including phenoxy) is 2. The van der Waals surface area contributed by atoms with Crippen molar-refractivity contribution >= 4 is 17.5 Å². The molecule has 0 atom stereocenters. The Morgan fingerprint density at radius 1 is 1.00 bits per heavy atom. The second kappa shape index (κ2) is 6.46. The zero-order valence-electron chi connectivity index (χ0n) is 15.0. The summed E-state index contributed by atoms with van der Waals surface area (Å²) in [4.78, 5) is 9.14. The fourth-order valence-electron chi connectivity index (χ4n) is 3.59. The monoisotopic (exact) mass is 360 g/mol. The summed E-state index contributed by atoms with van der Waals surface area (Å²) in [6.07, 6.45) is 3.84. The molecule has 0 spiro atoms. The Bertz CT molecular complexity index is 980. The van der Waals surface area contributed by atoms with Crippen molar-refractivity contribution in [1.82, 2.24) is 9.97 Å². The molecule has 0 bridgehead atoms. The lowest BCUT2D eigenvalue weighted by molar-refractivity contribution is 0.174. The lowest BCUT2D eigenvalue weighted by Crippen LogP contribution is -2.21. The summed E-state index contributed by atoms with van der Waals surface area (Å²) >= 11 is 0.